The van der Waals surface area contributed by atoms with Crippen molar-refractivity contribution in [3.63, 3.8) is 0 Å². The van der Waals surface area contributed by atoms with Gasteiger partial charge >= 0.3 is 0 Å². The standard InChI is InChI=1S/C8H13N3OS/c1-6(8-10-3-4-13-8)11-7(12)5-9-2/h3-4,6,9H,5H2,1-2H3,(H,11,12). The molecule has 0 radical (unpaired) electrons. The first-order valence-corrected chi connectivity index (χ1v) is 4.95. The summed E-state index contributed by atoms with van der Waals surface area (Å²) in [6.07, 6.45) is 1.74. The lowest BCUT2D eigenvalue weighted by Crippen LogP contribution is -2.33. The van der Waals surface area contributed by atoms with E-state index in [1.807, 2.05) is 12.3 Å². The van der Waals surface area contributed by atoms with Crippen LogP contribution in [0.2, 0.25) is 0 Å². The third kappa shape index (κ3) is 3.12. The number of nitrogens with one attached hydrogen (secondary N) is 2. The summed E-state index contributed by atoms with van der Waals surface area (Å²) in [7, 11) is 1.74. The highest BCUT2D eigenvalue weighted by Crippen LogP contribution is 2.13. The van der Waals surface area contributed by atoms with Crippen molar-refractivity contribution < 1.29 is 4.79 Å². The molecule has 0 spiro atoms. The molecular formula is C8H13N3OS. The molecule has 0 saturated carbocycles. The normalized spacial score (nSPS) is 12.5. The van der Waals surface area contributed by atoms with E-state index in [-0.39, 0.29) is 11.9 Å². The van der Waals surface area contributed by atoms with Crippen molar-refractivity contribution in [2.24, 2.45) is 0 Å². The number of carbonyl (C=O) groups is 1. The van der Waals surface area contributed by atoms with Gasteiger partial charge in [-0.25, -0.2) is 4.98 Å². The third-order valence-corrected chi connectivity index (χ3v) is 2.49. The van der Waals surface area contributed by atoms with Crippen LogP contribution in [0.1, 0.15) is 18.0 Å². The number of thiazole rings is 1. The van der Waals surface area contributed by atoms with E-state index < -0.39 is 0 Å². The lowest BCUT2D eigenvalue weighted by Gasteiger charge is -2.10. The molecule has 1 aromatic rings. The Labute approximate surface area is 81.4 Å². The monoisotopic (exact) mass is 199 g/mol. The summed E-state index contributed by atoms with van der Waals surface area (Å²) >= 11 is 1.54. The van der Waals surface area contributed by atoms with Gasteiger partial charge in [0.2, 0.25) is 5.91 Å². The first-order chi connectivity index (χ1) is 6.24. The maximum absolute atomic E-state index is 11.2. The molecule has 0 aliphatic heterocycles. The fraction of sp³-hybridized carbons (Fsp3) is 0.500. The molecule has 1 rings (SSSR count). The molecule has 1 heterocycles. The van der Waals surface area contributed by atoms with Crippen LogP contribution in [0.25, 0.3) is 0 Å². The topological polar surface area (TPSA) is 54.0 Å². The summed E-state index contributed by atoms with van der Waals surface area (Å²) in [5, 5.41) is 8.45. The van der Waals surface area contributed by atoms with Crippen molar-refractivity contribution >= 4 is 17.2 Å². The van der Waals surface area contributed by atoms with E-state index in [1.165, 1.54) is 0 Å². The molecule has 0 fully saturated rings. The van der Waals surface area contributed by atoms with Gasteiger partial charge in [0.05, 0.1) is 12.6 Å². The van der Waals surface area contributed by atoms with Crippen LogP contribution in [0.4, 0.5) is 0 Å². The van der Waals surface area contributed by atoms with Gasteiger partial charge in [0, 0.05) is 11.6 Å². The Hall–Kier alpha value is -0.940. The Kier molecular flexibility index (Phi) is 3.85. The molecule has 1 aromatic heterocycles. The quantitative estimate of drug-likeness (QED) is 0.744. The minimum absolute atomic E-state index is 0.000787. The smallest absolute Gasteiger partial charge is 0.234 e. The van der Waals surface area contributed by atoms with Crippen molar-refractivity contribution in [3.8, 4) is 0 Å². The van der Waals surface area contributed by atoms with Gasteiger partial charge in [0.25, 0.3) is 0 Å². The first kappa shape index (κ1) is 10.1. The molecule has 1 unspecified atom stereocenters. The van der Waals surface area contributed by atoms with Crippen LogP contribution in [0.3, 0.4) is 0 Å². The van der Waals surface area contributed by atoms with Crippen molar-refractivity contribution in [3.05, 3.63) is 16.6 Å². The molecule has 0 aromatic carbocycles. The SMILES string of the molecule is CNCC(=O)NC(C)c1nccs1. The number of aromatic nitrogens is 1. The Bertz CT molecular complexity index is 260. The number of amides is 1. The van der Waals surface area contributed by atoms with E-state index >= 15 is 0 Å². The van der Waals surface area contributed by atoms with E-state index in [0.29, 0.717) is 6.54 Å². The van der Waals surface area contributed by atoms with Gasteiger partial charge in [0.1, 0.15) is 5.01 Å². The van der Waals surface area contributed by atoms with Gasteiger partial charge in [-0.15, -0.1) is 11.3 Å². The summed E-state index contributed by atoms with van der Waals surface area (Å²) in [6.45, 7) is 2.27. The van der Waals surface area contributed by atoms with Crippen LogP contribution >= 0.6 is 11.3 Å². The van der Waals surface area contributed by atoms with Gasteiger partial charge in [-0.1, -0.05) is 0 Å². The van der Waals surface area contributed by atoms with Crippen LogP contribution in [0.5, 0.6) is 0 Å². The zero-order valence-electron chi connectivity index (χ0n) is 7.70. The van der Waals surface area contributed by atoms with Crippen molar-refractivity contribution in [1.29, 1.82) is 0 Å². The zero-order valence-corrected chi connectivity index (χ0v) is 8.52. The fourth-order valence-electron chi connectivity index (χ4n) is 0.963. The number of carbonyl (C=O) groups excluding carboxylic acids is 1. The van der Waals surface area contributed by atoms with Gasteiger partial charge < -0.3 is 10.6 Å². The number of likely N-dealkylation sites (N-methyl/N-ethyl adjacent to an activating group) is 1. The fourth-order valence-corrected chi connectivity index (χ4v) is 1.61. The molecule has 5 heteroatoms. The second kappa shape index (κ2) is 4.94. The summed E-state index contributed by atoms with van der Waals surface area (Å²) in [4.78, 5) is 15.3. The van der Waals surface area contributed by atoms with Crippen molar-refractivity contribution in [2.75, 3.05) is 13.6 Å². The Morgan fingerprint density at radius 1 is 1.77 bits per heavy atom. The molecule has 72 valence electrons. The minimum Gasteiger partial charge on any atom is -0.346 e. The summed E-state index contributed by atoms with van der Waals surface area (Å²) in [5.41, 5.74) is 0. The van der Waals surface area contributed by atoms with Crippen molar-refractivity contribution in [2.45, 2.75) is 13.0 Å². The molecule has 1 atom stereocenters. The molecule has 0 bridgehead atoms. The van der Waals surface area contributed by atoms with Crippen LogP contribution < -0.4 is 10.6 Å². The van der Waals surface area contributed by atoms with Crippen LogP contribution in [0, 0.1) is 0 Å². The van der Waals surface area contributed by atoms with Crippen LogP contribution in [-0.2, 0) is 4.79 Å². The molecule has 13 heavy (non-hydrogen) atoms. The average Bonchev–Trinajstić information content (AvgIpc) is 2.55. The first-order valence-electron chi connectivity index (χ1n) is 4.07. The third-order valence-electron chi connectivity index (χ3n) is 1.54. The molecule has 0 aliphatic rings. The highest BCUT2D eigenvalue weighted by atomic mass is 32.1. The predicted molar refractivity (Wildman–Crippen MR) is 52.6 cm³/mol. The van der Waals surface area contributed by atoms with E-state index in [9.17, 15) is 4.79 Å². The average molecular weight is 199 g/mol. The molecule has 1 amide bonds. The lowest BCUT2D eigenvalue weighted by molar-refractivity contribution is -0.120. The number of rotatable bonds is 4. The highest BCUT2D eigenvalue weighted by Gasteiger charge is 2.09. The summed E-state index contributed by atoms with van der Waals surface area (Å²) in [5.74, 6) is -0.00907. The zero-order chi connectivity index (χ0) is 9.68. The summed E-state index contributed by atoms with van der Waals surface area (Å²) in [6, 6.07) is 0.000787. The maximum atomic E-state index is 11.2. The van der Waals surface area contributed by atoms with Crippen molar-refractivity contribution in [1.82, 2.24) is 15.6 Å². The highest BCUT2D eigenvalue weighted by molar-refractivity contribution is 7.09. The van der Waals surface area contributed by atoms with E-state index in [4.69, 9.17) is 0 Å². The van der Waals surface area contributed by atoms with Gasteiger partial charge in [-0.3, -0.25) is 4.79 Å². The maximum Gasteiger partial charge on any atom is 0.234 e. The predicted octanol–water partition coefficient (Wildman–Crippen LogP) is 0.540. The van der Waals surface area contributed by atoms with Gasteiger partial charge in [-0.2, -0.15) is 0 Å². The van der Waals surface area contributed by atoms with Gasteiger partial charge in [0.15, 0.2) is 0 Å². The number of hydrogen-bond acceptors (Lipinski definition) is 4. The van der Waals surface area contributed by atoms with Crippen LogP contribution in [-0.4, -0.2) is 24.5 Å². The molecule has 0 saturated heterocycles. The van der Waals surface area contributed by atoms with E-state index in [2.05, 4.69) is 15.6 Å². The summed E-state index contributed by atoms with van der Waals surface area (Å²) < 4.78 is 0. The Morgan fingerprint density at radius 2 is 2.54 bits per heavy atom. The lowest BCUT2D eigenvalue weighted by atomic mass is 10.3. The van der Waals surface area contributed by atoms with E-state index in [1.54, 1.807) is 24.6 Å². The molecule has 4 nitrogen and oxygen atoms in total. The molecule has 0 aliphatic carbocycles. The number of nitrogens with zero attached hydrogens (tertiary/aromatic N) is 1. The minimum atomic E-state index is -0.00907. The molecule has 2 N–H and O–H groups in total. The second-order valence-corrected chi connectivity index (χ2v) is 3.62. The molecular weight excluding hydrogens is 186 g/mol. The van der Waals surface area contributed by atoms with E-state index in [0.717, 1.165) is 5.01 Å². The van der Waals surface area contributed by atoms with Crippen LogP contribution in [0.15, 0.2) is 11.6 Å². The van der Waals surface area contributed by atoms with Gasteiger partial charge in [-0.05, 0) is 14.0 Å². The Balaban J connectivity index is 2.42. The largest absolute Gasteiger partial charge is 0.346 e. The number of hydrogen-bond donors (Lipinski definition) is 2. The Morgan fingerprint density at radius 3 is 3.08 bits per heavy atom. The second-order valence-electron chi connectivity index (χ2n) is 2.69.